The number of benzene rings is 2. The summed E-state index contributed by atoms with van der Waals surface area (Å²) in [4.78, 5) is 30.1. The molecule has 7 heteroatoms. The number of carboxylic acids is 1. The Morgan fingerprint density at radius 3 is 2.38 bits per heavy atom. The van der Waals surface area contributed by atoms with Crippen molar-refractivity contribution in [1.82, 2.24) is 9.88 Å². The van der Waals surface area contributed by atoms with E-state index in [0.29, 0.717) is 27.9 Å². The van der Waals surface area contributed by atoms with Crippen molar-refractivity contribution in [2.24, 2.45) is 0 Å². The first-order valence-electron chi connectivity index (χ1n) is 10.1. The van der Waals surface area contributed by atoms with Crippen LogP contribution in [-0.2, 0) is 9.59 Å². The fraction of sp³-hybridized carbons (Fsp3) is 0.120. The smallest absolute Gasteiger partial charge is 0.303 e. The molecule has 2 heterocycles. The van der Waals surface area contributed by atoms with Crippen molar-refractivity contribution in [3.8, 4) is 22.4 Å². The van der Waals surface area contributed by atoms with E-state index in [0.717, 1.165) is 22.4 Å². The van der Waals surface area contributed by atoms with E-state index in [2.05, 4.69) is 24.3 Å². The summed E-state index contributed by atoms with van der Waals surface area (Å²) in [6, 6.07) is 24.1. The maximum Gasteiger partial charge on any atom is 0.303 e. The molecule has 1 amide bonds. The van der Waals surface area contributed by atoms with Crippen LogP contribution in [0.2, 0.25) is 0 Å². The van der Waals surface area contributed by atoms with E-state index in [-0.39, 0.29) is 12.3 Å². The molecular formula is C25H20N2O3S2. The highest BCUT2D eigenvalue weighted by molar-refractivity contribution is 8.26. The molecule has 1 aromatic heterocycles. The molecule has 0 atom stereocenters. The third-order valence-electron chi connectivity index (χ3n) is 4.98. The molecule has 3 aromatic rings. The molecule has 160 valence electrons. The molecule has 1 saturated heterocycles. The number of pyridine rings is 1. The second kappa shape index (κ2) is 9.89. The molecule has 1 aliphatic rings. The van der Waals surface area contributed by atoms with Crippen molar-refractivity contribution in [3.63, 3.8) is 0 Å². The van der Waals surface area contributed by atoms with Crippen LogP contribution in [0.15, 0.2) is 77.7 Å². The van der Waals surface area contributed by atoms with E-state index in [1.165, 1.54) is 16.7 Å². The molecule has 0 spiro atoms. The van der Waals surface area contributed by atoms with Gasteiger partial charge in [-0.2, -0.15) is 0 Å². The Morgan fingerprint density at radius 1 is 0.969 bits per heavy atom. The van der Waals surface area contributed by atoms with Crippen LogP contribution in [0.25, 0.3) is 28.5 Å². The van der Waals surface area contributed by atoms with Crippen molar-refractivity contribution in [2.45, 2.75) is 12.8 Å². The summed E-state index contributed by atoms with van der Waals surface area (Å²) < 4.78 is 0.444. The van der Waals surface area contributed by atoms with Gasteiger partial charge in [-0.15, -0.1) is 0 Å². The second-order valence-electron chi connectivity index (χ2n) is 7.22. The summed E-state index contributed by atoms with van der Waals surface area (Å²) in [6.45, 7) is 0.301. The molecule has 1 aliphatic heterocycles. The number of hydrogen-bond acceptors (Lipinski definition) is 5. The lowest BCUT2D eigenvalue weighted by atomic mass is 10.0. The molecule has 0 aliphatic carbocycles. The van der Waals surface area contributed by atoms with Crippen LogP contribution in [0.5, 0.6) is 0 Å². The zero-order valence-corrected chi connectivity index (χ0v) is 18.7. The Kier molecular flexibility index (Phi) is 6.78. The number of thioether (sulfide) groups is 1. The van der Waals surface area contributed by atoms with Gasteiger partial charge in [-0.3, -0.25) is 14.5 Å². The maximum absolute atomic E-state index is 12.7. The number of nitrogens with zero attached hydrogens (tertiary/aromatic N) is 2. The zero-order valence-electron chi connectivity index (χ0n) is 17.1. The molecule has 0 unspecified atom stereocenters. The average molecular weight is 461 g/mol. The molecular weight excluding hydrogens is 440 g/mol. The van der Waals surface area contributed by atoms with Gasteiger partial charge in [0, 0.05) is 18.5 Å². The largest absolute Gasteiger partial charge is 0.481 e. The molecule has 1 fully saturated rings. The Morgan fingerprint density at radius 2 is 1.66 bits per heavy atom. The van der Waals surface area contributed by atoms with Crippen molar-refractivity contribution >= 4 is 46.3 Å². The number of rotatable bonds is 7. The van der Waals surface area contributed by atoms with E-state index in [4.69, 9.17) is 22.3 Å². The predicted molar refractivity (Wildman–Crippen MR) is 132 cm³/mol. The summed E-state index contributed by atoms with van der Waals surface area (Å²) in [6.07, 6.45) is 2.10. The lowest BCUT2D eigenvalue weighted by Crippen LogP contribution is -2.29. The zero-order chi connectivity index (χ0) is 22.5. The molecule has 5 nitrogen and oxygen atoms in total. The minimum Gasteiger partial charge on any atom is -0.481 e. The first-order valence-corrected chi connectivity index (χ1v) is 11.3. The second-order valence-corrected chi connectivity index (χ2v) is 8.90. The van der Waals surface area contributed by atoms with Crippen LogP contribution in [0, 0.1) is 0 Å². The number of carbonyl (C=O) groups excluding carboxylic acids is 1. The van der Waals surface area contributed by atoms with Gasteiger partial charge in [0.1, 0.15) is 4.32 Å². The van der Waals surface area contributed by atoms with Gasteiger partial charge in [-0.25, -0.2) is 4.98 Å². The fourth-order valence-corrected chi connectivity index (χ4v) is 4.67. The van der Waals surface area contributed by atoms with E-state index >= 15 is 0 Å². The summed E-state index contributed by atoms with van der Waals surface area (Å²) in [5, 5.41) is 8.80. The first-order chi connectivity index (χ1) is 15.5. The number of amides is 1. The Labute approximate surface area is 195 Å². The summed E-state index contributed by atoms with van der Waals surface area (Å²) in [7, 11) is 0. The van der Waals surface area contributed by atoms with Crippen molar-refractivity contribution < 1.29 is 14.7 Å². The fourth-order valence-electron chi connectivity index (χ4n) is 3.37. The van der Waals surface area contributed by atoms with E-state index < -0.39 is 5.97 Å². The van der Waals surface area contributed by atoms with Gasteiger partial charge in [-0.05, 0) is 35.8 Å². The van der Waals surface area contributed by atoms with Crippen LogP contribution in [0.1, 0.15) is 18.5 Å². The quantitative estimate of drug-likeness (QED) is 0.372. The monoisotopic (exact) mass is 460 g/mol. The van der Waals surface area contributed by atoms with E-state index in [1.54, 1.807) is 6.08 Å². The minimum atomic E-state index is -0.885. The highest BCUT2D eigenvalue weighted by Gasteiger charge is 2.31. The van der Waals surface area contributed by atoms with Crippen LogP contribution in [0.3, 0.4) is 0 Å². The van der Waals surface area contributed by atoms with Gasteiger partial charge in [0.25, 0.3) is 5.91 Å². The topological polar surface area (TPSA) is 70.5 Å². The van der Waals surface area contributed by atoms with Crippen LogP contribution in [-0.4, -0.2) is 37.7 Å². The average Bonchev–Trinajstić information content (AvgIpc) is 3.07. The number of thiocarbonyl (C=S) groups is 1. The highest BCUT2D eigenvalue weighted by atomic mass is 32.2. The van der Waals surface area contributed by atoms with Gasteiger partial charge in [0.05, 0.1) is 16.3 Å². The number of aromatic nitrogens is 1. The highest BCUT2D eigenvalue weighted by Crippen LogP contribution is 2.33. The van der Waals surface area contributed by atoms with Crippen LogP contribution in [0.4, 0.5) is 0 Å². The van der Waals surface area contributed by atoms with Gasteiger partial charge >= 0.3 is 5.97 Å². The normalized spacial score (nSPS) is 14.9. The molecule has 0 bridgehead atoms. The Balaban J connectivity index is 1.51. The number of carbonyl (C=O) groups is 2. The van der Waals surface area contributed by atoms with Crippen molar-refractivity contribution in [2.75, 3.05) is 6.54 Å². The number of hydrogen-bond donors (Lipinski definition) is 1. The third-order valence-corrected chi connectivity index (χ3v) is 6.36. The van der Waals surface area contributed by atoms with Gasteiger partial charge in [0.2, 0.25) is 0 Å². The van der Waals surface area contributed by atoms with Gasteiger partial charge in [0.15, 0.2) is 0 Å². The lowest BCUT2D eigenvalue weighted by molar-refractivity contribution is -0.137. The number of carboxylic acid groups (broad SMARTS) is 1. The molecule has 1 N–H and O–H groups in total. The lowest BCUT2D eigenvalue weighted by Gasteiger charge is -2.13. The molecule has 0 saturated carbocycles. The predicted octanol–water partition coefficient (Wildman–Crippen LogP) is 5.48. The van der Waals surface area contributed by atoms with Crippen LogP contribution < -0.4 is 0 Å². The summed E-state index contributed by atoms with van der Waals surface area (Å²) in [5.74, 6) is -1.09. The van der Waals surface area contributed by atoms with E-state index in [9.17, 15) is 9.59 Å². The summed E-state index contributed by atoms with van der Waals surface area (Å²) in [5.41, 5.74) is 4.76. The third kappa shape index (κ3) is 5.12. The molecule has 2 aromatic carbocycles. The molecule has 4 rings (SSSR count). The first kappa shape index (κ1) is 21.9. The minimum absolute atomic E-state index is 0.00275. The SMILES string of the molecule is O=C(O)CCCN1C(=O)/C(=C/c2cccc(-c3ccc(-c4ccccc4)cc3)n2)SC1=S. The Bertz CT molecular complexity index is 1190. The van der Waals surface area contributed by atoms with Gasteiger partial charge in [-0.1, -0.05) is 84.6 Å². The molecule has 32 heavy (non-hydrogen) atoms. The van der Waals surface area contributed by atoms with Crippen molar-refractivity contribution in [3.05, 3.63) is 83.4 Å². The molecule has 0 radical (unpaired) electrons. The summed E-state index contributed by atoms with van der Waals surface area (Å²) >= 11 is 6.52. The van der Waals surface area contributed by atoms with Crippen molar-refractivity contribution in [1.29, 1.82) is 0 Å². The number of aliphatic carboxylic acids is 1. The van der Waals surface area contributed by atoms with Gasteiger partial charge < -0.3 is 5.11 Å². The standard InChI is InChI=1S/C25H20N2O3S2/c28-23(29)10-5-15-27-24(30)22(32-25(27)31)16-20-8-4-9-21(26-20)19-13-11-18(12-14-19)17-6-2-1-3-7-17/h1-4,6-9,11-14,16H,5,10,15H2,(H,28,29)/b22-16-. The maximum atomic E-state index is 12.7. The van der Waals surface area contributed by atoms with Crippen LogP contribution >= 0.6 is 24.0 Å². The Hall–Kier alpha value is -3.29. The van der Waals surface area contributed by atoms with E-state index in [1.807, 2.05) is 48.5 Å².